The van der Waals surface area contributed by atoms with E-state index in [9.17, 15) is 4.79 Å². The number of nitrogens with zero attached hydrogens (tertiary/aromatic N) is 2. The molecule has 146 valence electrons. The zero-order valence-electron chi connectivity index (χ0n) is 15.3. The minimum Gasteiger partial charge on any atom is -0.469 e. The number of guanidine groups is 1. The number of ether oxygens (including phenoxy) is 1. The lowest BCUT2D eigenvalue weighted by atomic mass is 10.1. The van der Waals surface area contributed by atoms with Gasteiger partial charge in [-0.2, -0.15) is 0 Å². The minimum atomic E-state index is 0. The maximum absolute atomic E-state index is 11.7. The van der Waals surface area contributed by atoms with Gasteiger partial charge in [0.2, 0.25) is 5.91 Å². The summed E-state index contributed by atoms with van der Waals surface area (Å²) < 4.78 is 10.8. The lowest BCUT2D eigenvalue weighted by Crippen LogP contribution is -2.54. The van der Waals surface area contributed by atoms with Crippen LogP contribution < -0.4 is 10.6 Å². The van der Waals surface area contributed by atoms with Crippen molar-refractivity contribution in [3.05, 3.63) is 24.2 Å². The van der Waals surface area contributed by atoms with E-state index < -0.39 is 0 Å². The number of piperidine rings is 1. The molecule has 1 aromatic rings. The molecule has 1 atom stereocenters. The average molecular weight is 476 g/mol. The highest BCUT2D eigenvalue weighted by Gasteiger charge is 2.24. The third kappa shape index (κ3) is 6.46. The zero-order chi connectivity index (χ0) is 17.5. The Bertz CT molecular complexity index is 573. The number of halogens is 1. The first-order chi connectivity index (χ1) is 12.2. The summed E-state index contributed by atoms with van der Waals surface area (Å²) in [6.45, 7) is 2.95. The molecule has 26 heavy (non-hydrogen) atoms. The van der Waals surface area contributed by atoms with Gasteiger partial charge in [-0.05, 0) is 31.4 Å². The lowest BCUT2D eigenvalue weighted by Gasteiger charge is -2.32. The molecule has 1 amide bonds. The maximum Gasteiger partial charge on any atom is 0.222 e. The van der Waals surface area contributed by atoms with Crippen molar-refractivity contribution in [2.75, 3.05) is 33.4 Å². The highest BCUT2D eigenvalue weighted by molar-refractivity contribution is 14.0. The number of amides is 1. The fourth-order valence-electron chi connectivity index (χ4n) is 3.22. The van der Waals surface area contributed by atoms with Crippen molar-refractivity contribution in [2.24, 2.45) is 4.99 Å². The number of rotatable bonds is 5. The molecule has 0 aromatic carbocycles. The van der Waals surface area contributed by atoms with Gasteiger partial charge in [0.1, 0.15) is 5.76 Å². The van der Waals surface area contributed by atoms with E-state index >= 15 is 0 Å². The summed E-state index contributed by atoms with van der Waals surface area (Å²) in [6, 6.07) is 4.48. The van der Waals surface area contributed by atoms with E-state index in [1.165, 1.54) is 0 Å². The van der Waals surface area contributed by atoms with Crippen LogP contribution in [-0.4, -0.2) is 62.2 Å². The monoisotopic (exact) mass is 476 g/mol. The molecular formula is C18H29IN4O3. The molecule has 7 nitrogen and oxygen atoms in total. The average Bonchev–Trinajstić information content (AvgIpc) is 3.12. The van der Waals surface area contributed by atoms with Gasteiger partial charge < -0.3 is 24.7 Å². The van der Waals surface area contributed by atoms with Gasteiger partial charge in [-0.25, -0.2) is 0 Å². The molecular weight excluding hydrogens is 447 g/mol. The van der Waals surface area contributed by atoms with Gasteiger partial charge in [0, 0.05) is 58.3 Å². The largest absolute Gasteiger partial charge is 0.469 e. The van der Waals surface area contributed by atoms with Crippen molar-refractivity contribution in [1.82, 2.24) is 15.5 Å². The highest BCUT2D eigenvalue weighted by atomic mass is 127. The number of likely N-dealkylation sites (tertiary alicyclic amines) is 1. The molecule has 2 saturated heterocycles. The Morgan fingerprint density at radius 3 is 2.73 bits per heavy atom. The molecule has 1 aromatic heterocycles. The summed E-state index contributed by atoms with van der Waals surface area (Å²) in [5.74, 6) is 1.98. The summed E-state index contributed by atoms with van der Waals surface area (Å²) in [5, 5.41) is 7.04. The maximum atomic E-state index is 11.7. The van der Waals surface area contributed by atoms with E-state index in [1.807, 2.05) is 19.2 Å². The third-order valence-electron chi connectivity index (χ3n) is 4.74. The molecule has 0 aliphatic carbocycles. The molecule has 2 aliphatic heterocycles. The van der Waals surface area contributed by atoms with Crippen LogP contribution in [0.1, 0.15) is 31.4 Å². The fourth-order valence-corrected chi connectivity index (χ4v) is 3.22. The number of aliphatic imine (C=N–C) groups is 1. The molecule has 8 heteroatoms. The van der Waals surface area contributed by atoms with E-state index in [0.29, 0.717) is 25.6 Å². The molecule has 2 aliphatic rings. The van der Waals surface area contributed by atoms with Crippen molar-refractivity contribution in [2.45, 2.75) is 44.2 Å². The van der Waals surface area contributed by atoms with Crippen molar-refractivity contribution < 1.29 is 13.9 Å². The van der Waals surface area contributed by atoms with Crippen LogP contribution in [0.4, 0.5) is 0 Å². The van der Waals surface area contributed by atoms with Crippen LogP contribution in [0.2, 0.25) is 0 Å². The van der Waals surface area contributed by atoms with E-state index in [0.717, 1.165) is 50.6 Å². The second-order valence-corrected chi connectivity index (χ2v) is 6.74. The standard InChI is InChI=1S/C18H28N4O3.HI/c1-22-13-15(4-5-17(22)23)21-18(20-14-7-11-24-12-8-14)19-9-6-16-3-2-10-25-16;/h2-3,10,14-15H,4-9,11-13H2,1H3,(H2,19,20,21);1H. The van der Waals surface area contributed by atoms with Gasteiger partial charge in [-0.3, -0.25) is 9.79 Å². The first-order valence-corrected chi connectivity index (χ1v) is 9.12. The first-order valence-electron chi connectivity index (χ1n) is 9.12. The predicted molar refractivity (Wildman–Crippen MR) is 111 cm³/mol. The van der Waals surface area contributed by atoms with E-state index in [4.69, 9.17) is 14.1 Å². The van der Waals surface area contributed by atoms with E-state index in [2.05, 4.69) is 10.6 Å². The first kappa shape index (κ1) is 21.0. The Hall–Kier alpha value is -1.29. The number of carbonyl (C=O) groups excluding carboxylic acids is 1. The Balaban J connectivity index is 0.00000243. The summed E-state index contributed by atoms with van der Waals surface area (Å²) >= 11 is 0. The Labute approximate surface area is 171 Å². The second-order valence-electron chi connectivity index (χ2n) is 6.74. The van der Waals surface area contributed by atoms with Crippen LogP contribution >= 0.6 is 24.0 Å². The molecule has 0 bridgehead atoms. The molecule has 0 radical (unpaired) electrons. The Morgan fingerprint density at radius 2 is 2.04 bits per heavy atom. The highest BCUT2D eigenvalue weighted by Crippen LogP contribution is 2.11. The summed E-state index contributed by atoms with van der Waals surface area (Å²) in [6.07, 6.45) is 5.87. The van der Waals surface area contributed by atoms with Crippen LogP contribution in [0.5, 0.6) is 0 Å². The fraction of sp³-hybridized carbons (Fsp3) is 0.667. The van der Waals surface area contributed by atoms with Crippen LogP contribution in [0.25, 0.3) is 0 Å². The second kappa shape index (κ2) is 10.8. The lowest BCUT2D eigenvalue weighted by molar-refractivity contribution is -0.132. The van der Waals surface area contributed by atoms with Gasteiger partial charge in [-0.1, -0.05) is 0 Å². The molecule has 0 spiro atoms. The number of likely N-dealkylation sites (N-methyl/N-ethyl adjacent to an activating group) is 1. The third-order valence-corrected chi connectivity index (χ3v) is 4.74. The summed E-state index contributed by atoms with van der Waals surface area (Å²) in [7, 11) is 1.86. The van der Waals surface area contributed by atoms with Gasteiger partial charge in [-0.15, -0.1) is 24.0 Å². The van der Waals surface area contributed by atoms with Crippen LogP contribution in [-0.2, 0) is 16.0 Å². The van der Waals surface area contributed by atoms with Crippen molar-refractivity contribution >= 4 is 35.8 Å². The topological polar surface area (TPSA) is 79.1 Å². The van der Waals surface area contributed by atoms with Crippen molar-refractivity contribution in [3.63, 3.8) is 0 Å². The quantitative estimate of drug-likeness (QED) is 0.385. The van der Waals surface area contributed by atoms with Crippen LogP contribution in [0, 0.1) is 0 Å². The molecule has 3 heterocycles. The van der Waals surface area contributed by atoms with E-state index in [1.54, 1.807) is 11.2 Å². The minimum absolute atomic E-state index is 0. The van der Waals surface area contributed by atoms with Gasteiger partial charge >= 0.3 is 0 Å². The molecule has 2 fully saturated rings. The SMILES string of the molecule is CN1CC(NC(=NCCc2ccco2)NC2CCOCC2)CCC1=O.I. The molecule has 2 N–H and O–H groups in total. The van der Waals surface area contributed by atoms with Crippen molar-refractivity contribution in [3.8, 4) is 0 Å². The normalized spacial score (nSPS) is 22.0. The van der Waals surface area contributed by atoms with Gasteiger partial charge in [0.25, 0.3) is 0 Å². The molecule has 1 unspecified atom stereocenters. The van der Waals surface area contributed by atoms with Crippen molar-refractivity contribution in [1.29, 1.82) is 0 Å². The number of hydrogen-bond acceptors (Lipinski definition) is 4. The Morgan fingerprint density at radius 1 is 1.27 bits per heavy atom. The number of nitrogens with one attached hydrogen (secondary N) is 2. The van der Waals surface area contributed by atoms with Gasteiger partial charge in [0.05, 0.1) is 6.26 Å². The number of hydrogen-bond donors (Lipinski definition) is 2. The van der Waals surface area contributed by atoms with Gasteiger partial charge in [0.15, 0.2) is 5.96 Å². The predicted octanol–water partition coefficient (Wildman–Crippen LogP) is 1.78. The molecule has 3 rings (SSSR count). The van der Waals surface area contributed by atoms with Crippen LogP contribution in [0.3, 0.4) is 0 Å². The molecule has 0 saturated carbocycles. The summed E-state index contributed by atoms with van der Waals surface area (Å²) in [5.41, 5.74) is 0. The smallest absolute Gasteiger partial charge is 0.222 e. The number of furan rings is 1. The Kier molecular flexibility index (Phi) is 8.70. The summed E-state index contributed by atoms with van der Waals surface area (Å²) in [4.78, 5) is 18.2. The van der Waals surface area contributed by atoms with Crippen LogP contribution in [0.15, 0.2) is 27.8 Å². The zero-order valence-corrected chi connectivity index (χ0v) is 17.6. The van der Waals surface area contributed by atoms with E-state index in [-0.39, 0.29) is 35.9 Å². The number of carbonyl (C=O) groups is 1.